The summed E-state index contributed by atoms with van der Waals surface area (Å²) in [6.45, 7) is 3.51. The third-order valence-corrected chi connectivity index (χ3v) is 5.60. The fourth-order valence-electron chi connectivity index (χ4n) is 4.45. The fraction of sp³-hybridized carbons (Fsp3) is 0.500. The van der Waals surface area contributed by atoms with Crippen molar-refractivity contribution >= 4 is 11.6 Å². The van der Waals surface area contributed by atoms with E-state index in [0.29, 0.717) is 17.9 Å². The van der Waals surface area contributed by atoms with E-state index >= 15 is 0 Å². The topological polar surface area (TPSA) is 147 Å². The number of likely N-dealkylation sites (N-methyl/N-ethyl adjacent to an activating group) is 1. The summed E-state index contributed by atoms with van der Waals surface area (Å²) in [5.41, 5.74) is 7.25. The Kier molecular flexibility index (Phi) is 4.47. The van der Waals surface area contributed by atoms with Crippen molar-refractivity contribution in [2.24, 2.45) is 0 Å². The normalized spacial score (nSPS) is 30.2. The Morgan fingerprint density at radius 2 is 2.21 bits per heavy atom. The summed E-state index contributed by atoms with van der Waals surface area (Å²) in [5.74, 6) is 0.307. The summed E-state index contributed by atoms with van der Waals surface area (Å²) in [4.78, 5) is 12.0. The number of likely N-dealkylation sites (tertiary alicyclic amines) is 1. The van der Waals surface area contributed by atoms with Crippen LogP contribution in [0.2, 0.25) is 0 Å². The summed E-state index contributed by atoms with van der Waals surface area (Å²) < 4.78 is 0. The van der Waals surface area contributed by atoms with Gasteiger partial charge < -0.3 is 31.1 Å². The van der Waals surface area contributed by atoms with Gasteiger partial charge in [0.25, 0.3) is 0 Å². The van der Waals surface area contributed by atoms with Gasteiger partial charge in [-0.3, -0.25) is 5.32 Å². The Morgan fingerprint density at radius 3 is 2.93 bits per heavy atom. The maximum atomic E-state index is 11.2. The number of aromatic nitrogens is 2. The first-order valence-corrected chi connectivity index (χ1v) is 9.18. The number of nitriles is 1. The highest BCUT2D eigenvalue weighted by molar-refractivity contribution is 5.64. The second-order valence-corrected chi connectivity index (χ2v) is 7.55. The van der Waals surface area contributed by atoms with Crippen LogP contribution in [0.5, 0.6) is 0 Å². The molecule has 2 saturated heterocycles. The van der Waals surface area contributed by atoms with E-state index in [4.69, 9.17) is 5.73 Å². The van der Waals surface area contributed by atoms with E-state index in [-0.39, 0.29) is 17.2 Å². The minimum atomic E-state index is -1.04. The number of piperidine rings is 1. The van der Waals surface area contributed by atoms with Crippen LogP contribution in [0.4, 0.5) is 11.6 Å². The van der Waals surface area contributed by atoms with Gasteiger partial charge in [0.15, 0.2) is 12.0 Å². The number of nitrogens with two attached hydrogens (primary N) is 1. The summed E-state index contributed by atoms with van der Waals surface area (Å²) in [6.07, 6.45) is 2.85. The van der Waals surface area contributed by atoms with E-state index in [1.54, 1.807) is 6.08 Å². The van der Waals surface area contributed by atoms with E-state index in [0.717, 1.165) is 25.0 Å². The zero-order valence-corrected chi connectivity index (χ0v) is 15.8. The van der Waals surface area contributed by atoms with Gasteiger partial charge in [0, 0.05) is 6.54 Å². The van der Waals surface area contributed by atoms with Gasteiger partial charge in [0.1, 0.15) is 35.7 Å². The Morgan fingerprint density at radius 1 is 1.43 bits per heavy atom. The van der Waals surface area contributed by atoms with E-state index in [2.05, 4.69) is 25.5 Å². The molecule has 10 heteroatoms. The smallest absolute Gasteiger partial charge is 0.169 e. The summed E-state index contributed by atoms with van der Waals surface area (Å²) >= 11 is 0. The van der Waals surface area contributed by atoms with E-state index < -0.39 is 18.1 Å². The van der Waals surface area contributed by atoms with Gasteiger partial charge >= 0.3 is 0 Å². The van der Waals surface area contributed by atoms with Crippen LogP contribution in [0.1, 0.15) is 25.3 Å². The number of aliphatic hydroxyl groups excluding tert-OH is 2. The molecule has 4 rings (SSSR count). The van der Waals surface area contributed by atoms with Crippen molar-refractivity contribution < 1.29 is 10.2 Å². The number of hydrogen-bond donors (Lipinski definition) is 5. The molecule has 10 nitrogen and oxygen atoms in total. The highest BCUT2D eigenvalue weighted by Gasteiger charge is 2.53. The van der Waals surface area contributed by atoms with Gasteiger partial charge in [-0.15, -0.1) is 0 Å². The van der Waals surface area contributed by atoms with Crippen molar-refractivity contribution in [3.8, 4) is 6.07 Å². The molecule has 0 aliphatic carbocycles. The molecule has 0 aromatic carbocycles. The van der Waals surface area contributed by atoms with Gasteiger partial charge in [-0.2, -0.15) is 5.26 Å². The molecule has 148 valence electrons. The van der Waals surface area contributed by atoms with Crippen LogP contribution in [-0.4, -0.2) is 68.2 Å². The molecule has 1 spiro atoms. The number of hydrogen-bond acceptors (Lipinski definition) is 10. The molecule has 3 atom stereocenters. The minimum absolute atomic E-state index is 0.0717. The predicted molar refractivity (Wildman–Crippen MR) is 102 cm³/mol. The van der Waals surface area contributed by atoms with Crippen molar-refractivity contribution in [3.05, 3.63) is 34.9 Å². The molecule has 0 amide bonds. The number of anilines is 2. The van der Waals surface area contributed by atoms with Crippen LogP contribution >= 0.6 is 0 Å². The van der Waals surface area contributed by atoms with Crippen molar-refractivity contribution in [3.63, 3.8) is 0 Å². The average Bonchev–Trinajstić information content (AvgIpc) is 2.91. The van der Waals surface area contributed by atoms with Gasteiger partial charge in [-0.25, -0.2) is 9.97 Å². The second kappa shape index (κ2) is 6.72. The number of rotatable bonds is 2. The zero-order chi connectivity index (χ0) is 20.1. The lowest BCUT2D eigenvalue weighted by molar-refractivity contribution is -0.0451. The standard InChI is InChI=1S/C18H24N8O2/c1-10-6-12(23-15-11(7-19)14(20)21-9-22-15)17(28)26-13(10)16(27)24-18(26)4-3-5-25(2)8-18/h6,9,16-17,24,27-28H,3-5,8H2,1-2H3,(H3,20,21,22,23)/t16-,17?,18?/m1/s1. The van der Waals surface area contributed by atoms with E-state index in [1.807, 2.05) is 24.9 Å². The Balaban J connectivity index is 1.72. The first-order chi connectivity index (χ1) is 13.4. The largest absolute Gasteiger partial charge is 0.382 e. The van der Waals surface area contributed by atoms with Gasteiger partial charge in [0.05, 0.1) is 11.4 Å². The fourth-order valence-corrected chi connectivity index (χ4v) is 4.45. The number of nitrogens with zero attached hydrogens (tertiary/aromatic N) is 5. The summed E-state index contributed by atoms with van der Waals surface area (Å²) in [7, 11) is 2.03. The highest BCUT2D eigenvalue weighted by Crippen LogP contribution is 2.41. The lowest BCUT2D eigenvalue weighted by atomic mass is 9.95. The molecule has 28 heavy (non-hydrogen) atoms. The molecule has 4 heterocycles. The Bertz CT molecular complexity index is 907. The Labute approximate surface area is 163 Å². The van der Waals surface area contributed by atoms with Crippen LogP contribution < -0.4 is 16.4 Å². The number of nitrogens with one attached hydrogen (secondary N) is 2. The van der Waals surface area contributed by atoms with Crippen LogP contribution in [0.15, 0.2) is 29.4 Å². The van der Waals surface area contributed by atoms with E-state index in [1.165, 1.54) is 6.33 Å². The zero-order valence-electron chi connectivity index (χ0n) is 15.8. The average molecular weight is 384 g/mol. The molecule has 0 bridgehead atoms. The molecular weight excluding hydrogens is 360 g/mol. The first kappa shape index (κ1) is 18.6. The van der Waals surface area contributed by atoms with Crippen LogP contribution in [0.25, 0.3) is 0 Å². The molecule has 0 saturated carbocycles. The van der Waals surface area contributed by atoms with Crippen LogP contribution in [0.3, 0.4) is 0 Å². The molecule has 3 aliphatic heterocycles. The quantitative estimate of drug-likeness (QED) is 0.451. The van der Waals surface area contributed by atoms with Crippen molar-refractivity contribution in [2.75, 3.05) is 31.2 Å². The molecule has 2 unspecified atom stereocenters. The monoisotopic (exact) mass is 384 g/mol. The maximum absolute atomic E-state index is 11.2. The molecule has 6 N–H and O–H groups in total. The molecule has 1 aromatic heterocycles. The molecule has 3 aliphatic rings. The molecule has 0 radical (unpaired) electrons. The summed E-state index contributed by atoms with van der Waals surface area (Å²) in [5, 5.41) is 37.5. The van der Waals surface area contributed by atoms with Crippen molar-refractivity contribution in [2.45, 2.75) is 37.9 Å². The number of nitrogen functional groups attached to an aromatic ring is 1. The number of fused-ring (bicyclic) bond motifs is 2. The lowest BCUT2D eigenvalue weighted by Crippen LogP contribution is -2.64. The molecule has 2 fully saturated rings. The Hall–Kier alpha value is -2.71. The van der Waals surface area contributed by atoms with E-state index in [9.17, 15) is 15.5 Å². The maximum Gasteiger partial charge on any atom is 0.169 e. The van der Waals surface area contributed by atoms with Crippen LogP contribution in [0, 0.1) is 11.3 Å². The number of aliphatic hydroxyl groups is 2. The molecular formula is C18H24N8O2. The second-order valence-electron chi connectivity index (χ2n) is 7.55. The van der Waals surface area contributed by atoms with Crippen molar-refractivity contribution in [1.82, 2.24) is 25.1 Å². The third kappa shape index (κ3) is 2.80. The lowest BCUT2D eigenvalue weighted by Gasteiger charge is -2.48. The SMILES string of the molecule is CC1=C2[C@@H](O)NC3(CCCN(C)C3)N2C(O)C(Nc2ncnc(N)c2C#N)=C1. The number of allylic oxidation sites excluding steroid dienone is 2. The van der Waals surface area contributed by atoms with Gasteiger partial charge in [-0.05, 0) is 45.0 Å². The summed E-state index contributed by atoms with van der Waals surface area (Å²) in [6, 6.07) is 1.99. The highest BCUT2D eigenvalue weighted by atomic mass is 16.3. The predicted octanol–water partition coefficient (Wildman–Crippen LogP) is -0.522. The molecule has 1 aromatic rings. The van der Waals surface area contributed by atoms with Gasteiger partial charge in [0.2, 0.25) is 0 Å². The third-order valence-electron chi connectivity index (χ3n) is 5.60. The van der Waals surface area contributed by atoms with Gasteiger partial charge in [-0.1, -0.05) is 0 Å². The van der Waals surface area contributed by atoms with Crippen molar-refractivity contribution in [1.29, 1.82) is 5.26 Å². The van der Waals surface area contributed by atoms with Crippen LogP contribution in [-0.2, 0) is 0 Å². The first-order valence-electron chi connectivity index (χ1n) is 9.18. The minimum Gasteiger partial charge on any atom is -0.382 e.